The van der Waals surface area contributed by atoms with Crippen molar-refractivity contribution in [1.82, 2.24) is 15.0 Å². The van der Waals surface area contributed by atoms with E-state index in [0.717, 1.165) is 17.8 Å². The molecule has 1 aliphatic rings. The fraction of sp³-hybridized carbons (Fsp3) is 0.500. The van der Waals surface area contributed by atoms with Gasteiger partial charge in [0.1, 0.15) is 0 Å². The van der Waals surface area contributed by atoms with Crippen LogP contribution in [0.4, 0.5) is 5.69 Å². The summed E-state index contributed by atoms with van der Waals surface area (Å²) in [6.07, 6.45) is 4.49. The average Bonchev–Trinajstić information content (AvgIpc) is 2.96. The van der Waals surface area contributed by atoms with E-state index in [-0.39, 0.29) is 17.2 Å². The summed E-state index contributed by atoms with van der Waals surface area (Å²) in [6, 6.07) is 8.37. The number of nitrogens with zero attached hydrogens (tertiary/aromatic N) is 3. The Morgan fingerprint density at radius 1 is 1.24 bits per heavy atom. The van der Waals surface area contributed by atoms with E-state index in [9.17, 15) is 0 Å². The van der Waals surface area contributed by atoms with E-state index in [4.69, 9.17) is 4.74 Å². The standard InChI is InChI=1S/C16H22N4O/c1-15(2)11-14(16(3,4)21-15)18-12-7-5-6-8-13(12)20-10-9-17-19-20/h5-10,14,18H,11H2,1-4H3. The predicted molar refractivity (Wildman–Crippen MR) is 82.6 cm³/mol. The first-order valence-corrected chi connectivity index (χ1v) is 7.30. The molecule has 0 saturated carbocycles. The molecule has 1 unspecified atom stereocenters. The van der Waals surface area contributed by atoms with E-state index < -0.39 is 0 Å². The lowest BCUT2D eigenvalue weighted by Crippen LogP contribution is -2.38. The lowest BCUT2D eigenvalue weighted by atomic mass is 9.94. The van der Waals surface area contributed by atoms with E-state index in [2.05, 4.69) is 49.4 Å². The van der Waals surface area contributed by atoms with E-state index in [1.54, 1.807) is 10.9 Å². The number of benzene rings is 1. The van der Waals surface area contributed by atoms with Gasteiger partial charge in [-0.15, -0.1) is 5.10 Å². The molecule has 2 heterocycles. The fourth-order valence-electron chi connectivity index (χ4n) is 3.11. The van der Waals surface area contributed by atoms with Crippen LogP contribution in [0.1, 0.15) is 34.1 Å². The van der Waals surface area contributed by atoms with Crippen LogP contribution >= 0.6 is 0 Å². The number of nitrogens with one attached hydrogen (secondary N) is 1. The van der Waals surface area contributed by atoms with Crippen molar-refractivity contribution in [2.24, 2.45) is 0 Å². The number of hydrogen-bond acceptors (Lipinski definition) is 4. The van der Waals surface area contributed by atoms with Crippen LogP contribution in [0, 0.1) is 0 Å². The summed E-state index contributed by atoms with van der Waals surface area (Å²) in [6.45, 7) is 8.55. The zero-order valence-electron chi connectivity index (χ0n) is 13.0. The van der Waals surface area contributed by atoms with Gasteiger partial charge in [-0.05, 0) is 46.2 Å². The third-order valence-corrected chi connectivity index (χ3v) is 3.98. The molecule has 1 aromatic heterocycles. The molecular weight excluding hydrogens is 264 g/mol. The molecule has 1 N–H and O–H groups in total. The second kappa shape index (κ2) is 4.84. The third-order valence-electron chi connectivity index (χ3n) is 3.98. The van der Waals surface area contributed by atoms with Crippen LogP contribution in [0.5, 0.6) is 0 Å². The zero-order chi connectivity index (χ0) is 15.1. The summed E-state index contributed by atoms with van der Waals surface area (Å²) in [4.78, 5) is 0. The molecule has 1 fully saturated rings. The van der Waals surface area contributed by atoms with Crippen molar-refractivity contribution in [2.45, 2.75) is 51.4 Å². The lowest BCUT2D eigenvalue weighted by molar-refractivity contribution is -0.0662. The second-order valence-electron chi connectivity index (χ2n) is 6.73. The van der Waals surface area contributed by atoms with Crippen LogP contribution in [-0.4, -0.2) is 32.2 Å². The minimum absolute atomic E-state index is 0.108. The van der Waals surface area contributed by atoms with E-state index in [0.29, 0.717) is 0 Å². The third kappa shape index (κ3) is 2.78. The average molecular weight is 286 g/mol. The largest absolute Gasteiger partial charge is 0.378 e. The number of hydrogen-bond donors (Lipinski definition) is 1. The molecule has 1 aliphatic heterocycles. The molecule has 5 nitrogen and oxygen atoms in total. The molecule has 3 rings (SSSR count). The van der Waals surface area contributed by atoms with Gasteiger partial charge in [-0.1, -0.05) is 17.3 Å². The molecule has 0 bridgehead atoms. The van der Waals surface area contributed by atoms with Crippen molar-refractivity contribution in [1.29, 1.82) is 0 Å². The Kier molecular flexibility index (Phi) is 3.24. The van der Waals surface area contributed by atoms with Crippen molar-refractivity contribution in [3.05, 3.63) is 36.7 Å². The van der Waals surface area contributed by atoms with Crippen LogP contribution in [0.15, 0.2) is 36.7 Å². The van der Waals surface area contributed by atoms with Gasteiger partial charge < -0.3 is 10.1 Å². The maximum atomic E-state index is 6.15. The van der Waals surface area contributed by atoms with E-state index in [1.165, 1.54) is 0 Å². The molecule has 0 spiro atoms. The Labute approximate surface area is 125 Å². The maximum Gasteiger partial charge on any atom is 0.0894 e. The topological polar surface area (TPSA) is 52.0 Å². The van der Waals surface area contributed by atoms with Gasteiger partial charge >= 0.3 is 0 Å². The molecule has 1 atom stereocenters. The highest BCUT2D eigenvalue weighted by Gasteiger charge is 2.45. The van der Waals surface area contributed by atoms with Crippen molar-refractivity contribution in [3.8, 4) is 5.69 Å². The molecule has 0 aliphatic carbocycles. The minimum atomic E-state index is -0.209. The van der Waals surface area contributed by atoms with Gasteiger partial charge in [-0.2, -0.15) is 0 Å². The molecule has 112 valence electrons. The Balaban J connectivity index is 1.90. The molecule has 0 radical (unpaired) electrons. The monoisotopic (exact) mass is 286 g/mol. The molecule has 5 heteroatoms. The Morgan fingerprint density at radius 3 is 2.62 bits per heavy atom. The minimum Gasteiger partial charge on any atom is -0.378 e. The summed E-state index contributed by atoms with van der Waals surface area (Å²) >= 11 is 0. The molecule has 1 aromatic carbocycles. The fourth-order valence-corrected chi connectivity index (χ4v) is 3.11. The Morgan fingerprint density at radius 2 is 2.00 bits per heavy atom. The smallest absolute Gasteiger partial charge is 0.0894 e. The number of para-hydroxylation sites is 2. The SMILES string of the molecule is CC1(C)CC(Nc2ccccc2-n2ccnn2)C(C)(C)O1. The summed E-state index contributed by atoms with van der Waals surface area (Å²) in [7, 11) is 0. The normalized spacial score (nSPS) is 23.1. The van der Waals surface area contributed by atoms with Crippen LogP contribution < -0.4 is 5.32 Å². The first-order valence-electron chi connectivity index (χ1n) is 7.30. The van der Waals surface area contributed by atoms with Crippen LogP contribution in [0.3, 0.4) is 0 Å². The van der Waals surface area contributed by atoms with Crippen molar-refractivity contribution >= 4 is 5.69 Å². The molecule has 2 aromatic rings. The Bertz CT molecular complexity index is 619. The lowest BCUT2D eigenvalue weighted by Gasteiger charge is -2.29. The highest BCUT2D eigenvalue weighted by atomic mass is 16.5. The van der Waals surface area contributed by atoms with Crippen molar-refractivity contribution < 1.29 is 4.74 Å². The van der Waals surface area contributed by atoms with Gasteiger partial charge in [-0.3, -0.25) is 0 Å². The summed E-state index contributed by atoms with van der Waals surface area (Å²) in [5.41, 5.74) is 1.72. The second-order valence-corrected chi connectivity index (χ2v) is 6.73. The van der Waals surface area contributed by atoms with Crippen molar-refractivity contribution in [2.75, 3.05) is 5.32 Å². The summed E-state index contributed by atoms with van der Waals surface area (Å²) < 4.78 is 7.93. The Hall–Kier alpha value is -1.88. The van der Waals surface area contributed by atoms with Crippen LogP contribution in [0.2, 0.25) is 0 Å². The molecular formula is C16H22N4O. The van der Waals surface area contributed by atoms with Gasteiger partial charge in [0.2, 0.25) is 0 Å². The highest BCUT2D eigenvalue weighted by molar-refractivity contribution is 5.61. The van der Waals surface area contributed by atoms with Gasteiger partial charge in [0.15, 0.2) is 0 Å². The van der Waals surface area contributed by atoms with Crippen LogP contribution in [0.25, 0.3) is 5.69 Å². The van der Waals surface area contributed by atoms with E-state index >= 15 is 0 Å². The number of ether oxygens (including phenoxy) is 1. The number of rotatable bonds is 3. The molecule has 21 heavy (non-hydrogen) atoms. The maximum absolute atomic E-state index is 6.15. The quantitative estimate of drug-likeness (QED) is 0.942. The number of anilines is 1. The highest BCUT2D eigenvalue weighted by Crippen LogP contribution is 2.39. The van der Waals surface area contributed by atoms with Gasteiger partial charge in [0.25, 0.3) is 0 Å². The van der Waals surface area contributed by atoms with Gasteiger partial charge in [0.05, 0.1) is 41.0 Å². The van der Waals surface area contributed by atoms with E-state index in [1.807, 2.05) is 24.4 Å². The van der Waals surface area contributed by atoms with Crippen molar-refractivity contribution in [3.63, 3.8) is 0 Å². The molecule has 1 saturated heterocycles. The predicted octanol–water partition coefficient (Wildman–Crippen LogP) is 3.03. The first kappa shape index (κ1) is 14.1. The number of aromatic nitrogens is 3. The first-order chi connectivity index (χ1) is 9.87. The van der Waals surface area contributed by atoms with Crippen LogP contribution in [-0.2, 0) is 4.74 Å². The summed E-state index contributed by atoms with van der Waals surface area (Å²) in [5, 5.41) is 11.6. The van der Waals surface area contributed by atoms with Gasteiger partial charge in [0, 0.05) is 0 Å². The zero-order valence-corrected chi connectivity index (χ0v) is 13.0. The summed E-state index contributed by atoms with van der Waals surface area (Å²) in [5.74, 6) is 0. The molecule has 0 amide bonds. The van der Waals surface area contributed by atoms with Gasteiger partial charge in [-0.25, -0.2) is 4.68 Å².